The van der Waals surface area contributed by atoms with Gasteiger partial charge in [0.15, 0.2) is 0 Å². The van der Waals surface area contributed by atoms with E-state index in [9.17, 15) is 0 Å². The van der Waals surface area contributed by atoms with Crippen molar-refractivity contribution in [1.29, 1.82) is 0 Å². The van der Waals surface area contributed by atoms with Crippen LogP contribution in [0.4, 0.5) is 5.69 Å². The van der Waals surface area contributed by atoms with Gasteiger partial charge < -0.3 is 5.73 Å². The molecule has 0 saturated carbocycles. The largest absolute Gasteiger partial charge is 0.399 e. The second-order valence-electron chi connectivity index (χ2n) is 2.45. The van der Waals surface area contributed by atoms with Crippen molar-refractivity contribution in [2.75, 3.05) is 5.73 Å². The fourth-order valence-corrected chi connectivity index (χ4v) is 1.03. The Morgan fingerprint density at radius 1 is 1.40 bits per heavy atom. The van der Waals surface area contributed by atoms with Gasteiger partial charge in [-0.15, -0.1) is 0 Å². The van der Waals surface area contributed by atoms with Gasteiger partial charge in [-0.2, -0.15) is 0 Å². The Bertz CT molecular complexity index is 210. The Labute approximate surface area is 63.4 Å². The highest BCUT2D eigenvalue weighted by Gasteiger charge is 1.93. The van der Waals surface area contributed by atoms with E-state index in [4.69, 9.17) is 5.73 Å². The van der Waals surface area contributed by atoms with Gasteiger partial charge in [-0.1, -0.05) is 31.5 Å². The first-order valence-electron chi connectivity index (χ1n) is 3.68. The van der Waals surface area contributed by atoms with Crippen molar-refractivity contribution in [2.45, 2.75) is 19.8 Å². The molecule has 1 heteroatoms. The number of hydrogen-bond donors (Lipinski definition) is 1. The fraction of sp³-hybridized carbons (Fsp3) is 0.333. The van der Waals surface area contributed by atoms with E-state index in [-0.39, 0.29) is 1.43 Å². The average Bonchev–Trinajstić information content (AvgIpc) is 1.94. The molecular weight excluding hydrogens is 122 g/mol. The van der Waals surface area contributed by atoms with Crippen LogP contribution >= 0.6 is 0 Å². The molecular formula is C9H15N. The van der Waals surface area contributed by atoms with Crippen molar-refractivity contribution < 1.29 is 1.43 Å². The third-order valence-corrected chi connectivity index (χ3v) is 1.57. The molecule has 1 nitrogen and oxygen atoms in total. The van der Waals surface area contributed by atoms with Crippen molar-refractivity contribution in [2.24, 2.45) is 0 Å². The van der Waals surface area contributed by atoms with Crippen LogP contribution in [0.5, 0.6) is 0 Å². The van der Waals surface area contributed by atoms with Crippen molar-refractivity contribution in [3.63, 3.8) is 0 Å². The summed E-state index contributed by atoms with van der Waals surface area (Å²) in [5.41, 5.74) is 7.90. The molecule has 56 valence electrons. The standard InChI is InChI=1S/C9H13N.H2/c1-2-5-8-6-3-4-7-9(8)10;/h3-4,6-7H,2,5,10H2,1H3;1H. The summed E-state index contributed by atoms with van der Waals surface area (Å²) in [6, 6.07) is 8.03. The summed E-state index contributed by atoms with van der Waals surface area (Å²) in [6.45, 7) is 2.16. The smallest absolute Gasteiger partial charge is 0.0346 e. The first kappa shape index (κ1) is 7.13. The Balaban J connectivity index is 0.000001000. The third kappa shape index (κ3) is 1.50. The lowest BCUT2D eigenvalue weighted by molar-refractivity contribution is 0.924. The van der Waals surface area contributed by atoms with E-state index >= 15 is 0 Å². The van der Waals surface area contributed by atoms with Crippen molar-refractivity contribution in [3.8, 4) is 0 Å². The molecule has 0 aliphatic rings. The molecule has 10 heavy (non-hydrogen) atoms. The molecule has 0 heterocycles. The summed E-state index contributed by atoms with van der Waals surface area (Å²) in [6.07, 6.45) is 2.25. The first-order valence-corrected chi connectivity index (χ1v) is 3.68. The molecule has 0 unspecified atom stereocenters. The predicted octanol–water partition coefficient (Wildman–Crippen LogP) is 2.47. The first-order chi connectivity index (χ1) is 4.84. The van der Waals surface area contributed by atoms with E-state index in [1.807, 2.05) is 18.2 Å². The highest BCUT2D eigenvalue weighted by atomic mass is 14.6. The molecule has 0 bridgehead atoms. The van der Waals surface area contributed by atoms with Gasteiger partial charge in [0, 0.05) is 7.11 Å². The minimum atomic E-state index is 0. The summed E-state index contributed by atoms with van der Waals surface area (Å²) in [7, 11) is 0. The SMILES string of the molecule is CCCc1ccccc1N.[HH]. The van der Waals surface area contributed by atoms with Crippen molar-refractivity contribution in [1.82, 2.24) is 0 Å². The number of aryl methyl sites for hydroxylation is 1. The molecule has 0 atom stereocenters. The molecule has 1 aromatic carbocycles. The molecule has 0 amide bonds. The number of para-hydroxylation sites is 1. The van der Waals surface area contributed by atoms with Crippen LogP contribution in [0, 0.1) is 0 Å². The van der Waals surface area contributed by atoms with Gasteiger partial charge in [-0.3, -0.25) is 0 Å². The second-order valence-corrected chi connectivity index (χ2v) is 2.45. The van der Waals surface area contributed by atoms with E-state index in [1.54, 1.807) is 0 Å². The van der Waals surface area contributed by atoms with Crippen LogP contribution in [0.25, 0.3) is 0 Å². The zero-order chi connectivity index (χ0) is 7.40. The van der Waals surface area contributed by atoms with Crippen LogP contribution in [0.3, 0.4) is 0 Å². The number of hydrogen-bond acceptors (Lipinski definition) is 1. The van der Waals surface area contributed by atoms with Crippen LogP contribution in [-0.2, 0) is 6.42 Å². The summed E-state index contributed by atoms with van der Waals surface area (Å²) >= 11 is 0. The molecule has 2 N–H and O–H groups in total. The van der Waals surface area contributed by atoms with Crippen LogP contribution in [-0.4, -0.2) is 0 Å². The number of nitrogens with two attached hydrogens (primary N) is 1. The maximum atomic E-state index is 5.71. The molecule has 1 aromatic rings. The van der Waals surface area contributed by atoms with Crippen LogP contribution < -0.4 is 5.73 Å². The predicted molar refractivity (Wildman–Crippen MR) is 47.0 cm³/mol. The van der Waals surface area contributed by atoms with Crippen molar-refractivity contribution in [3.05, 3.63) is 29.8 Å². The summed E-state index contributed by atoms with van der Waals surface area (Å²) in [5, 5.41) is 0. The summed E-state index contributed by atoms with van der Waals surface area (Å²) in [4.78, 5) is 0. The van der Waals surface area contributed by atoms with E-state index in [0.717, 1.165) is 18.5 Å². The molecule has 0 aliphatic heterocycles. The number of nitrogen functional groups attached to an aromatic ring is 1. The van der Waals surface area contributed by atoms with Gasteiger partial charge in [-0.25, -0.2) is 0 Å². The number of benzene rings is 1. The molecule has 0 aromatic heterocycles. The number of rotatable bonds is 2. The zero-order valence-electron chi connectivity index (χ0n) is 6.30. The lowest BCUT2D eigenvalue weighted by Crippen LogP contribution is -1.92. The van der Waals surface area contributed by atoms with Crippen LogP contribution in [0.2, 0.25) is 0 Å². The maximum absolute atomic E-state index is 5.71. The topological polar surface area (TPSA) is 26.0 Å². The van der Waals surface area contributed by atoms with Crippen LogP contribution in [0.1, 0.15) is 20.3 Å². The molecule has 0 radical (unpaired) electrons. The Hall–Kier alpha value is -0.980. The van der Waals surface area contributed by atoms with E-state index in [1.165, 1.54) is 5.56 Å². The third-order valence-electron chi connectivity index (χ3n) is 1.57. The van der Waals surface area contributed by atoms with E-state index in [2.05, 4.69) is 13.0 Å². The lowest BCUT2D eigenvalue weighted by atomic mass is 10.1. The van der Waals surface area contributed by atoms with Crippen molar-refractivity contribution >= 4 is 5.69 Å². The summed E-state index contributed by atoms with van der Waals surface area (Å²) in [5.74, 6) is 0. The zero-order valence-corrected chi connectivity index (χ0v) is 6.30. The van der Waals surface area contributed by atoms with Crippen LogP contribution in [0.15, 0.2) is 24.3 Å². The monoisotopic (exact) mass is 137 g/mol. The Morgan fingerprint density at radius 2 is 2.10 bits per heavy atom. The molecule has 1 rings (SSSR count). The average molecular weight is 137 g/mol. The maximum Gasteiger partial charge on any atom is 0.0346 e. The highest BCUT2D eigenvalue weighted by Crippen LogP contribution is 2.11. The van der Waals surface area contributed by atoms with E-state index < -0.39 is 0 Å². The molecule has 0 saturated heterocycles. The minimum absolute atomic E-state index is 0. The van der Waals surface area contributed by atoms with Gasteiger partial charge in [0.05, 0.1) is 0 Å². The van der Waals surface area contributed by atoms with Gasteiger partial charge in [-0.05, 0) is 18.1 Å². The van der Waals surface area contributed by atoms with Gasteiger partial charge in [0.25, 0.3) is 0 Å². The van der Waals surface area contributed by atoms with Gasteiger partial charge >= 0.3 is 0 Å². The quantitative estimate of drug-likeness (QED) is 0.622. The Kier molecular flexibility index (Phi) is 2.32. The lowest BCUT2D eigenvalue weighted by Gasteiger charge is -2.01. The molecule has 0 fully saturated rings. The molecule has 0 spiro atoms. The summed E-state index contributed by atoms with van der Waals surface area (Å²) < 4.78 is 0. The highest BCUT2D eigenvalue weighted by molar-refractivity contribution is 5.46. The van der Waals surface area contributed by atoms with Gasteiger partial charge in [0.2, 0.25) is 0 Å². The van der Waals surface area contributed by atoms with Gasteiger partial charge in [0.1, 0.15) is 0 Å². The second kappa shape index (κ2) is 3.25. The minimum Gasteiger partial charge on any atom is -0.399 e. The fourth-order valence-electron chi connectivity index (χ4n) is 1.03. The molecule has 0 aliphatic carbocycles. The van der Waals surface area contributed by atoms with E-state index in [0.29, 0.717) is 0 Å². The normalized spacial score (nSPS) is 9.70. The number of anilines is 1. The Morgan fingerprint density at radius 3 is 2.70 bits per heavy atom.